The van der Waals surface area contributed by atoms with Crippen molar-refractivity contribution in [2.24, 2.45) is 0 Å². The first kappa shape index (κ1) is 16.0. The summed E-state index contributed by atoms with van der Waals surface area (Å²) in [6.07, 6.45) is 4.53. The molecule has 4 rings (SSSR count). The summed E-state index contributed by atoms with van der Waals surface area (Å²) >= 11 is 0. The number of fused-ring (bicyclic) bond motifs is 2. The number of ether oxygens (including phenoxy) is 2. The fourth-order valence-electron chi connectivity index (χ4n) is 3.35. The highest BCUT2D eigenvalue weighted by Gasteiger charge is 2.21. The van der Waals surface area contributed by atoms with Crippen LogP contribution in [0.2, 0.25) is 0 Å². The molecule has 0 aromatic heterocycles. The predicted molar refractivity (Wildman–Crippen MR) is 98.7 cm³/mol. The van der Waals surface area contributed by atoms with Crippen molar-refractivity contribution in [3.63, 3.8) is 0 Å². The SMILES string of the molecule is CCCCN1COc2cc3c(cc2C1)C=C(c1cccc(O)c1)CO3. The van der Waals surface area contributed by atoms with Crippen LogP contribution in [0.4, 0.5) is 0 Å². The van der Waals surface area contributed by atoms with Crippen LogP contribution in [0.15, 0.2) is 36.4 Å². The van der Waals surface area contributed by atoms with Crippen molar-refractivity contribution in [2.45, 2.75) is 26.3 Å². The van der Waals surface area contributed by atoms with E-state index in [9.17, 15) is 5.11 Å². The van der Waals surface area contributed by atoms with Crippen molar-refractivity contribution in [1.82, 2.24) is 4.90 Å². The second kappa shape index (κ2) is 6.81. The first-order chi connectivity index (χ1) is 12.2. The third-order valence-electron chi connectivity index (χ3n) is 4.75. The highest BCUT2D eigenvalue weighted by atomic mass is 16.5. The molecule has 1 N–H and O–H groups in total. The zero-order chi connectivity index (χ0) is 17.2. The molecular formula is C21H23NO3. The maximum atomic E-state index is 9.71. The average molecular weight is 337 g/mol. The molecule has 0 saturated carbocycles. The van der Waals surface area contributed by atoms with Gasteiger partial charge in [0, 0.05) is 30.3 Å². The number of phenolic OH excluding ortho intramolecular Hbond substituents is 1. The van der Waals surface area contributed by atoms with Gasteiger partial charge < -0.3 is 14.6 Å². The van der Waals surface area contributed by atoms with Crippen molar-refractivity contribution in [2.75, 3.05) is 19.9 Å². The van der Waals surface area contributed by atoms with E-state index >= 15 is 0 Å². The molecule has 0 atom stereocenters. The second-order valence-electron chi connectivity index (χ2n) is 6.69. The zero-order valence-electron chi connectivity index (χ0n) is 14.5. The van der Waals surface area contributed by atoms with Crippen molar-refractivity contribution >= 4 is 11.6 Å². The number of benzene rings is 2. The molecule has 0 aliphatic carbocycles. The first-order valence-electron chi connectivity index (χ1n) is 8.88. The monoisotopic (exact) mass is 337 g/mol. The normalized spacial score (nSPS) is 16.3. The van der Waals surface area contributed by atoms with Crippen LogP contribution < -0.4 is 9.47 Å². The second-order valence-corrected chi connectivity index (χ2v) is 6.69. The minimum absolute atomic E-state index is 0.273. The summed E-state index contributed by atoms with van der Waals surface area (Å²) in [4.78, 5) is 2.34. The number of nitrogens with zero attached hydrogens (tertiary/aromatic N) is 1. The molecular weight excluding hydrogens is 314 g/mol. The molecule has 2 aliphatic rings. The van der Waals surface area contributed by atoms with Gasteiger partial charge >= 0.3 is 0 Å². The van der Waals surface area contributed by atoms with Crippen LogP contribution in [0.1, 0.15) is 36.5 Å². The van der Waals surface area contributed by atoms with Gasteiger partial charge in [-0.15, -0.1) is 0 Å². The Morgan fingerprint density at radius 1 is 1.12 bits per heavy atom. The van der Waals surface area contributed by atoms with Crippen LogP contribution in [0.25, 0.3) is 11.6 Å². The lowest BCUT2D eigenvalue weighted by Gasteiger charge is -2.30. The Balaban J connectivity index is 1.62. The third kappa shape index (κ3) is 3.35. The standard InChI is InChI=1S/C21H23NO3/c1-2-3-7-22-12-17-8-16-9-18(15-5-4-6-19(23)10-15)13-24-20(16)11-21(17)25-14-22/h4-6,8-11,23H,2-3,7,12-14H2,1H3. The van der Waals surface area contributed by atoms with Crippen LogP contribution in [-0.2, 0) is 6.54 Å². The van der Waals surface area contributed by atoms with Gasteiger partial charge in [0.1, 0.15) is 30.6 Å². The Morgan fingerprint density at radius 2 is 2.04 bits per heavy atom. The van der Waals surface area contributed by atoms with Gasteiger partial charge in [-0.3, -0.25) is 4.90 Å². The van der Waals surface area contributed by atoms with Gasteiger partial charge in [-0.25, -0.2) is 0 Å². The molecule has 25 heavy (non-hydrogen) atoms. The van der Waals surface area contributed by atoms with Crippen LogP contribution >= 0.6 is 0 Å². The molecule has 0 spiro atoms. The van der Waals surface area contributed by atoms with E-state index in [1.165, 1.54) is 18.4 Å². The lowest BCUT2D eigenvalue weighted by molar-refractivity contribution is 0.0936. The Hall–Kier alpha value is -2.46. The maximum absolute atomic E-state index is 9.71. The minimum Gasteiger partial charge on any atom is -0.508 e. The van der Waals surface area contributed by atoms with E-state index < -0.39 is 0 Å². The van der Waals surface area contributed by atoms with Crippen LogP contribution in [0, 0.1) is 0 Å². The number of hydrogen-bond acceptors (Lipinski definition) is 4. The quantitative estimate of drug-likeness (QED) is 0.904. The number of aromatic hydroxyl groups is 1. The number of rotatable bonds is 4. The molecule has 0 fully saturated rings. The van der Waals surface area contributed by atoms with E-state index in [4.69, 9.17) is 9.47 Å². The summed E-state index contributed by atoms with van der Waals surface area (Å²) in [5.41, 5.74) is 4.34. The van der Waals surface area contributed by atoms with E-state index in [-0.39, 0.29) is 5.75 Å². The number of unbranched alkanes of at least 4 members (excludes halogenated alkanes) is 1. The maximum Gasteiger partial charge on any atom is 0.142 e. The summed E-state index contributed by atoms with van der Waals surface area (Å²) in [7, 11) is 0. The molecule has 0 unspecified atom stereocenters. The average Bonchev–Trinajstić information content (AvgIpc) is 2.64. The fourth-order valence-corrected chi connectivity index (χ4v) is 3.35. The number of hydrogen-bond donors (Lipinski definition) is 1. The topological polar surface area (TPSA) is 41.9 Å². The van der Waals surface area contributed by atoms with E-state index in [0.717, 1.165) is 41.3 Å². The Kier molecular flexibility index (Phi) is 4.36. The largest absolute Gasteiger partial charge is 0.508 e. The minimum atomic E-state index is 0.273. The summed E-state index contributed by atoms with van der Waals surface area (Å²) in [6.45, 7) is 5.33. The zero-order valence-corrected chi connectivity index (χ0v) is 14.5. The predicted octanol–water partition coefficient (Wildman–Crippen LogP) is 4.28. The summed E-state index contributed by atoms with van der Waals surface area (Å²) in [5, 5.41) is 9.71. The smallest absolute Gasteiger partial charge is 0.142 e. The van der Waals surface area contributed by atoms with Gasteiger partial charge in [-0.05, 0) is 41.8 Å². The van der Waals surface area contributed by atoms with Gasteiger partial charge in [0.05, 0.1) is 0 Å². The fraction of sp³-hybridized carbons (Fsp3) is 0.333. The Morgan fingerprint density at radius 3 is 2.88 bits per heavy atom. The van der Waals surface area contributed by atoms with Crippen molar-refractivity contribution in [1.29, 1.82) is 0 Å². The molecule has 2 aromatic rings. The van der Waals surface area contributed by atoms with E-state index in [2.05, 4.69) is 24.0 Å². The van der Waals surface area contributed by atoms with E-state index in [0.29, 0.717) is 13.3 Å². The highest BCUT2D eigenvalue weighted by molar-refractivity contribution is 5.86. The lowest BCUT2D eigenvalue weighted by atomic mass is 9.98. The summed E-state index contributed by atoms with van der Waals surface area (Å²) in [5.74, 6) is 2.07. The van der Waals surface area contributed by atoms with Gasteiger partial charge in [-0.2, -0.15) is 0 Å². The molecule has 0 saturated heterocycles. The summed E-state index contributed by atoms with van der Waals surface area (Å²) < 4.78 is 11.9. The van der Waals surface area contributed by atoms with Gasteiger partial charge in [0.25, 0.3) is 0 Å². The van der Waals surface area contributed by atoms with Gasteiger partial charge in [0.15, 0.2) is 0 Å². The van der Waals surface area contributed by atoms with E-state index in [1.54, 1.807) is 12.1 Å². The third-order valence-corrected chi connectivity index (χ3v) is 4.75. The molecule has 2 aliphatic heterocycles. The van der Waals surface area contributed by atoms with Crippen LogP contribution in [-0.4, -0.2) is 29.9 Å². The summed E-state index contributed by atoms with van der Waals surface area (Å²) in [6, 6.07) is 11.5. The molecule has 0 radical (unpaired) electrons. The molecule has 0 bridgehead atoms. The molecule has 0 amide bonds. The molecule has 4 nitrogen and oxygen atoms in total. The van der Waals surface area contributed by atoms with E-state index in [1.807, 2.05) is 18.2 Å². The van der Waals surface area contributed by atoms with Gasteiger partial charge in [0.2, 0.25) is 0 Å². The molecule has 2 aromatic carbocycles. The van der Waals surface area contributed by atoms with Crippen LogP contribution in [0.3, 0.4) is 0 Å². The van der Waals surface area contributed by atoms with Crippen molar-refractivity contribution in [3.8, 4) is 17.2 Å². The molecule has 4 heteroatoms. The Bertz CT molecular complexity index is 813. The first-order valence-corrected chi connectivity index (χ1v) is 8.88. The van der Waals surface area contributed by atoms with Gasteiger partial charge in [-0.1, -0.05) is 25.5 Å². The molecule has 2 heterocycles. The Labute approximate surface area is 148 Å². The van der Waals surface area contributed by atoms with Crippen molar-refractivity contribution in [3.05, 3.63) is 53.1 Å². The van der Waals surface area contributed by atoms with Crippen molar-refractivity contribution < 1.29 is 14.6 Å². The highest BCUT2D eigenvalue weighted by Crippen LogP contribution is 2.38. The number of phenols is 1. The molecule has 130 valence electrons. The van der Waals surface area contributed by atoms with Crippen LogP contribution in [0.5, 0.6) is 17.2 Å². The lowest BCUT2D eigenvalue weighted by Crippen LogP contribution is -2.32.